The average Bonchev–Trinajstić information content (AvgIpc) is 2.75. The molecule has 31 heavy (non-hydrogen) atoms. The molecule has 0 aliphatic heterocycles. The van der Waals surface area contributed by atoms with Crippen molar-refractivity contribution < 1.29 is 13.2 Å². The Morgan fingerprint density at radius 2 is 1.90 bits per heavy atom. The van der Waals surface area contributed by atoms with Gasteiger partial charge in [0.05, 0.1) is 22.2 Å². The maximum atomic E-state index is 13.3. The molecule has 2 rings (SSSR count). The summed E-state index contributed by atoms with van der Waals surface area (Å²) in [6.45, 7) is 12.1. The molecule has 0 fully saturated rings. The summed E-state index contributed by atoms with van der Waals surface area (Å²) in [6, 6.07) is 13.1. The van der Waals surface area contributed by atoms with E-state index in [0.29, 0.717) is 23.3 Å². The van der Waals surface area contributed by atoms with Gasteiger partial charge in [0, 0.05) is 24.7 Å². The summed E-state index contributed by atoms with van der Waals surface area (Å²) in [5, 5.41) is 3.18. The maximum absolute atomic E-state index is 13.3. The van der Waals surface area contributed by atoms with Gasteiger partial charge in [0.1, 0.15) is 0 Å². The molecular formula is C23H30ClN3O3S. The lowest BCUT2D eigenvalue weighted by Crippen LogP contribution is -2.38. The molecule has 0 radical (unpaired) electrons. The van der Waals surface area contributed by atoms with E-state index in [1.807, 2.05) is 0 Å². The van der Waals surface area contributed by atoms with Gasteiger partial charge in [-0.1, -0.05) is 42.8 Å². The molecule has 0 aliphatic rings. The molecule has 2 aromatic carbocycles. The van der Waals surface area contributed by atoms with Crippen LogP contribution in [0.25, 0.3) is 0 Å². The van der Waals surface area contributed by atoms with Gasteiger partial charge in [-0.05, 0) is 50.7 Å². The van der Waals surface area contributed by atoms with Crippen LogP contribution in [0.2, 0.25) is 5.02 Å². The van der Waals surface area contributed by atoms with Gasteiger partial charge in [0.25, 0.3) is 15.9 Å². The number of halogens is 1. The molecule has 1 amide bonds. The zero-order valence-electron chi connectivity index (χ0n) is 18.2. The third kappa shape index (κ3) is 6.32. The number of likely N-dealkylation sites (N-methyl/N-ethyl adjacent to an activating group) is 1. The number of rotatable bonds is 11. The molecule has 0 bridgehead atoms. The lowest BCUT2D eigenvalue weighted by atomic mass is 10.2. The van der Waals surface area contributed by atoms with Gasteiger partial charge >= 0.3 is 0 Å². The molecule has 0 atom stereocenters. The Morgan fingerprint density at radius 3 is 2.52 bits per heavy atom. The Morgan fingerprint density at radius 1 is 1.19 bits per heavy atom. The van der Waals surface area contributed by atoms with Gasteiger partial charge in [-0.25, -0.2) is 8.42 Å². The summed E-state index contributed by atoms with van der Waals surface area (Å²) in [5.74, 6) is -0.315. The first-order valence-corrected chi connectivity index (χ1v) is 12.0. The van der Waals surface area contributed by atoms with Crippen molar-refractivity contribution in [3.05, 3.63) is 71.8 Å². The fourth-order valence-corrected chi connectivity index (χ4v) is 5.01. The van der Waals surface area contributed by atoms with Gasteiger partial charge < -0.3 is 5.32 Å². The van der Waals surface area contributed by atoms with Gasteiger partial charge in [-0.2, -0.15) is 0 Å². The van der Waals surface area contributed by atoms with Crippen LogP contribution in [0.1, 0.15) is 31.1 Å². The second kappa shape index (κ2) is 11.3. The fourth-order valence-electron chi connectivity index (χ4n) is 3.22. The lowest BCUT2D eigenvalue weighted by molar-refractivity contribution is 0.0945. The molecule has 0 spiro atoms. The minimum Gasteiger partial charge on any atom is -0.351 e. The number of anilines is 1. The van der Waals surface area contributed by atoms with Crippen molar-refractivity contribution >= 4 is 33.2 Å². The standard InChI is InChI=1S/C23H30ClN3O3S/c1-5-15-27(22-13-8-7-12-21(22)24)31(29,30)20-11-9-10-19(17-20)23(28)25-14-16-26(6-2)18(3)4/h5,7-13,17-18H,1,6,14-16H2,2-4H3,(H,25,28). The van der Waals surface area contributed by atoms with Crippen LogP contribution in [0.3, 0.4) is 0 Å². The number of nitrogens with zero attached hydrogens (tertiary/aromatic N) is 2. The highest BCUT2D eigenvalue weighted by Gasteiger charge is 2.26. The number of sulfonamides is 1. The zero-order chi connectivity index (χ0) is 23.0. The highest BCUT2D eigenvalue weighted by Crippen LogP contribution is 2.30. The highest BCUT2D eigenvalue weighted by atomic mass is 35.5. The maximum Gasteiger partial charge on any atom is 0.264 e. The number of para-hydroxylation sites is 1. The van der Waals surface area contributed by atoms with Crippen molar-refractivity contribution in [1.82, 2.24) is 10.2 Å². The molecule has 0 heterocycles. The van der Waals surface area contributed by atoms with E-state index in [-0.39, 0.29) is 22.9 Å². The minimum atomic E-state index is -3.95. The molecule has 0 saturated carbocycles. The first kappa shape index (κ1) is 24.9. The number of hydrogen-bond donors (Lipinski definition) is 1. The number of nitrogens with one attached hydrogen (secondary N) is 1. The van der Waals surface area contributed by atoms with Gasteiger partial charge in [-0.3, -0.25) is 14.0 Å². The fraction of sp³-hybridized carbons (Fsp3) is 0.348. The van der Waals surface area contributed by atoms with E-state index < -0.39 is 10.0 Å². The van der Waals surface area contributed by atoms with E-state index in [0.717, 1.165) is 13.1 Å². The predicted octanol–water partition coefficient (Wildman–Crippen LogP) is 4.18. The highest BCUT2D eigenvalue weighted by molar-refractivity contribution is 7.92. The van der Waals surface area contributed by atoms with Crippen molar-refractivity contribution in [2.75, 3.05) is 30.5 Å². The van der Waals surface area contributed by atoms with Gasteiger partial charge in [-0.15, -0.1) is 6.58 Å². The van der Waals surface area contributed by atoms with Crippen LogP contribution in [-0.4, -0.2) is 51.4 Å². The molecular weight excluding hydrogens is 434 g/mol. The normalized spacial score (nSPS) is 11.5. The Balaban J connectivity index is 2.25. The molecule has 0 aromatic heterocycles. The summed E-state index contributed by atoms with van der Waals surface area (Å²) < 4.78 is 27.9. The van der Waals surface area contributed by atoms with E-state index in [1.165, 1.54) is 22.5 Å². The Labute approximate surface area is 190 Å². The molecule has 8 heteroatoms. The van der Waals surface area contributed by atoms with Crippen molar-refractivity contribution in [2.24, 2.45) is 0 Å². The Hall–Kier alpha value is -2.35. The summed E-state index contributed by atoms with van der Waals surface area (Å²) in [5.41, 5.74) is 0.638. The molecule has 0 saturated heterocycles. The van der Waals surface area contributed by atoms with E-state index in [1.54, 1.807) is 36.4 Å². The predicted molar refractivity (Wildman–Crippen MR) is 127 cm³/mol. The molecule has 0 aliphatic carbocycles. The summed E-state index contributed by atoms with van der Waals surface area (Å²) in [7, 11) is -3.95. The first-order valence-electron chi connectivity index (χ1n) is 10.2. The molecule has 0 unspecified atom stereocenters. The number of benzene rings is 2. The van der Waals surface area contributed by atoms with Crippen molar-refractivity contribution in [2.45, 2.75) is 31.7 Å². The largest absolute Gasteiger partial charge is 0.351 e. The quantitative estimate of drug-likeness (QED) is 0.507. The smallest absolute Gasteiger partial charge is 0.264 e. The second-order valence-electron chi connectivity index (χ2n) is 7.28. The Bertz CT molecular complexity index is 1010. The third-order valence-corrected chi connectivity index (χ3v) is 7.02. The number of carbonyl (C=O) groups is 1. The van der Waals surface area contributed by atoms with Crippen LogP contribution in [0.15, 0.2) is 66.1 Å². The van der Waals surface area contributed by atoms with Crippen molar-refractivity contribution in [3.8, 4) is 0 Å². The van der Waals surface area contributed by atoms with E-state index in [9.17, 15) is 13.2 Å². The van der Waals surface area contributed by atoms with Crippen molar-refractivity contribution in [3.63, 3.8) is 0 Å². The van der Waals surface area contributed by atoms with Crippen molar-refractivity contribution in [1.29, 1.82) is 0 Å². The van der Waals surface area contributed by atoms with Gasteiger partial charge in [0.15, 0.2) is 0 Å². The van der Waals surface area contributed by atoms with E-state index in [2.05, 4.69) is 37.6 Å². The van der Waals surface area contributed by atoms with E-state index >= 15 is 0 Å². The molecule has 6 nitrogen and oxygen atoms in total. The third-order valence-electron chi connectivity index (χ3n) is 4.92. The zero-order valence-corrected chi connectivity index (χ0v) is 19.8. The van der Waals surface area contributed by atoms with Crippen LogP contribution in [0, 0.1) is 0 Å². The summed E-state index contributed by atoms with van der Waals surface area (Å²) in [4.78, 5) is 14.9. The second-order valence-corrected chi connectivity index (χ2v) is 9.55. The average molecular weight is 464 g/mol. The Kier molecular flexibility index (Phi) is 9.10. The van der Waals surface area contributed by atoms with Crippen LogP contribution in [0.5, 0.6) is 0 Å². The summed E-state index contributed by atoms with van der Waals surface area (Å²) >= 11 is 6.24. The monoisotopic (exact) mass is 463 g/mol. The molecule has 2 aromatic rings. The molecule has 1 N–H and O–H groups in total. The minimum absolute atomic E-state index is 0.0132. The SMILES string of the molecule is C=CCN(c1ccccc1Cl)S(=O)(=O)c1cccc(C(=O)NCCN(CC)C(C)C)c1. The van der Waals surface area contributed by atoms with Crippen LogP contribution in [-0.2, 0) is 10.0 Å². The van der Waals surface area contributed by atoms with E-state index in [4.69, 9.17) is 11.6 Å². The number of amides is 1. The number of carbonyl (C=O) groups excluding carboxylic acids is 1. The van der Waals surface area contributed by atoms with Gasteiger partial charge in [0.2, 0.25) is 0 Å². The lowest BCUT2D eigenvalue weighted by Gasteiger charge is -2.25. The topological polar surface area (TPSA) is 69.7 Å². The van der Waals surface area contributed by atoms with Crippen LogP contribution in [0.4, 0.5) is 5.69 Å². The first-order chi connectivity index (χ1) is 14.7. The number of hydrogen-bond acceptors (Lipinski definition) is 4. The summed E-state index contributed by atoms with van der Waals surface area (Å²) in [6.07, 6.45) is 1.49. The van der Waals surface area contributed by atoms with Crippen LogP contribution >= 0.6 is 11.6 Å². The van der Waals surface area contributed by atoms with Crippen LogP contribution < -0.4 is 9.62 Å². The molecule has 168 valence electrons.